The molecule has 114 valence electrons. The van der Waals surface area contributed by atoms with Crippen molar-refractivity contribution >= 4 is 0 Å². The minimum atomic E-state index is 0.637. The zero-order valence-corrected chi connectivity index (χ0v) is 13.8. The van der Waals surface area contributed by atoms with Crippen LogP contribution in [0.1, 0.15) is 97.8 Å². The van der Waals surface area contributed by atoms with Crippen LogP contribution in [0.5, 0.6) is 0 Å². The topological polar surface area (TPSA) is 12.0 Å². The lowest BCUT2D eigenvalue weighted by Crippen LogP contribution is -2.48. The van der Waals surface area contributed by atoms with Gasteiger partial charge in [0, 0.05) is 6.04 Å². The van der Waals surface area contributed by atoms with Crippen LogP contribution in [0, 0.1) is 5.41 Å². The van der Waals surface area contributed by atoms with Crippen LogP contribution in [-0.2, 0) is 0 Å². The highest BCUT2D eigenvalue weighted by Crippen LogP contribution is 2.44. The zero-order chi connectivity index (χ0) is 14.0. The van der Waals surface area contributed by atoms with Crippen molar-refractivity contribution in [3.63, 3.8) is 0 Å². The lowest BCUT2D eigenvalue weighted by atomic mass is 9.64. The van der Waals surface area contributed by atoms with Crippen molar-refractivity contribution in [3.05, 3.63) is 0 Å². The van der Waals surface area contributed by atoms with Crippen molar-refractivity contribution < 1.29 is 0 Å². The maximum atomic E-state index is 3.93. The maximum Gasteiger partial charge on any atom is 0.0123 e. The molecule has 1 fully saturated rings. The van der Waals surface area contributed by atoms with Crippen molar-refractivity contribution in [3.8, 4) is 0 Å². The Kier molecular flexibility index (Phi) is 8.77. The second-order valence-electron chi connectivity index (χ2n) is 6.68. The minimum absolute atomic E-state index is 0.637. The Labute approximate surface area is 121 Å². The Morgan fingerprint density at radius 2 is 1.53 bits per heavy atom. The molecular weight excluding hydrogens is 230 g/mol. The largest absolute Gasteiger partial charge is 0.313 e. The van der Waals surface area contributed by atoms with Gasteiger partial charge in [-0.2, -0.15) is 0 Å². The van der Waals surface area contributed by atoms with Crippen LogP contribution in [0.3, 0.4) is 0 Å². The first-order valence-corrected chi connectivity index (χ1v) is 9.02. The standard InChI is InChI=1S/C18H37N/c1-4-7-13-18(14-8-5-2)15-11-10-12-17(18)19-16-9-6-3/h17,19H,4-16H2,1-3H3. The molecule has 0 amide bonds. The van der Waals surface area contributed by atoms with E-state index in [1.807, 2.05) is 0 Å². The number of hydrogen-bond donors (Lipinski definition) is 1. The summed E-state index contributed by atoms with van der Waals surface area (Å²) in [7, 11) is 0. The smallest absolute Gasteiger partial charge is 0.0123 e. The van der Waals surface area contributed by atoms with Crippen LogP contribution >= 0.6 is 0 Å². The van der Waals surface area contributed by atoms with Gasteiger partial charge in [0.25, 0.3) is 0 Å². The Hall–Kier alpha value is -0.0400. The highest BCUT2D eigenvalue weighted by atomic mass is 14.9. The summed E-state index contributed by atoms with van der Waals surface area (Å²) in [5, 5.41) is 3.93. The Morgan fingerprint density at radius 1 is 0.895 bits per heavy atom. The predicted octanol–water partition coefficient (Wildman–Crippen LogP) is 5.69. The summed E-state index contributed by atoms with van der Waals surface area (Å²) in [6.45, 7) is 8.22. The first kappa shape index (κ1) is 17.0. The molecule has 0 aromatic heterocycles. The summed E-state index contributed by atoms with van der Waals surface area (Å²) in [6.07, 6.45) is 17.0. The second kappa shape index (κ2) is 9.80. The van der Waals surface area contributed by atoms with E-state index in [2.05, 4.69) is 26.1 Å². The van der Waals surface area contributed by atoms with E-state index >= 15 is 0 Å². The molecule has 1 atom stereocenters. The van der Waals surface area contributed by atoms with E-state index in [0.717, 1.165) is 6.04 Å². The molecule has 0 aliphatic heterocycles. The number of nitrogens with one attached hydrogen (secondary N) is 1. The van der Waals surface area contributed by atoms with Crippen LogP contribution in [0.15, 0.2) is 0 Å². The highest BCUT2D eigenvalue weighted by Gasteiger charge is 2.38. The molecule has 1 heteroatoms. The molecular formula is C18H37N. The summed E-state index contributed by atoms with van der Waals surface area (Å²) in [5.74, 6) is 0. The lowest BCUT2D eigenvalue weighted by Gasteiger charge is -2.45. The zero-order valence-electron chi connectivity index (χ0n) is 13.8. The first-order valence-electron chi connectivity index (χ1n) is 9.02. The van der Waals surface area contributed by atoms with E-state index in [4.69, 9.17) is 0 Å². The van der Waals surface area contributed by atoms with E-state index < -0.39 is 0 Å². The van der Waals surface area contributed by atoms with Gasteiger partial charge in [0.1, 0.15) is 0 Å². The van der Waals surface area contributed by atoms with Gasteiger partial charge in [-0.1, -0.05) is 65.7 Å². The summed E-state index contributed by atoms with van der Waals surface area (Å²) in [5.41, 5.74) is 0.637. The van der Waals surface area contributed by atoms with E-state index in [-0.39, 0.29) is 0 Å². The molecule has 0 aromatic rings. The Bertz CT molecular complexity index is 204. The molecule has 0 spiro atoms. The Balaban J connectivity index is 2.62. The third-order valence-electron chi connectivity index (χ3n) is 5.13. The summed E-state index contributed by atoms with van der Waals surface area (Å²) in [6, 6.07) is 0.811. The molecule has 0 saturated heterocycles. The van der Waals surface area contributed by atoms with E-state index in [0.29, 0.717) is 5.41 Å². The van der Waals surface area contributed by atoms with Crippen LogP contribution in [0.2, 0.25) is 0 Å². The second-order valence-corrected chi connectivity index (χ2v) is 6.68. The van der Waals surface area contributed by atoms with Gasteiger partial charge >= 0.3 is 0 Å². The van der Waals surface area contributed by atoms with Crippen molar-refractivity contribution in [1.29, 1.82) is 0 Å². The predicted molar refractivity (Wildman–Crippen MR) is 86.6 cm³/mol. The molecule has 1 aliphatic carbocycles. The third-order valence-corrected chi connectivity index (χ3v) is 5.13. The van der Waals surface area contributed by atoms with Gasteiger partial charge in [0.05, 0.1) is 0 Å². The van der Waals surface area contributed by atoms with Crippen molar-refractivity contribution in [2.24, 2.45) is 5.41 Å². The summed E-state index contributed by atoms with van der Waals surface area (Å²) >= 11 is 0. The maximum absolute atomic E-state index is 3.93. The fraction of sp³-hybridized carbons (Fsp3) is 1.00. The minimum Gasteiger partial charge on any atom is -0.313 e. The molecule has 1 N–H and O–H groups in total. The highest BCUT2D eigenvalue weighted by molar-refractivity contribution is 4.94. The van der Waals surface area contributed by atoms with E-state index in [1.165, 1.54) is 83.6 Å². The number of rotatable bonds is 10. The van der Waals surface area contributed by atoms with Crippen LogP contribution in [0.25, 0.3) is 0 Å². The molecule has 1 saturated carbocycles. The summed E-state index contributed by atoms with van der Waals surface area (Å²) in [4.78, 5) is 0. The third kappa shape index (κ3) is 5.45. The van der Waals surface area contributed by atoms with Crippen LogP contribution in [0.4, 0.5) is 0 Å². The molecule has 0 radical (unpaired) electrons. The average molecular weight is 268 g/mol. The van der Waals surface area contributed by atoms with Crippen LogP contribution in [-0.4, -0.2) is 12.6 Å². The number of unbranched alkanes of at least 4 members (excludes halogenated alkanes) is 3. The van der Waals surface area contributed by atoms with Gasteiger partial charge < -0.3 is 5.32 Å². The number of hydrogen-bond acceptors (Lipinski definition) is 1. The fourth-order valence-electron chi connectivity index (χ4n) is 3.86. The Morgan fingerprint density at radius 3 is 2.11 bits per heavy atom. The van der Waals surface area contributed by atoms with Gasteiger partial charge in [-0.3, -0.25) is 0 Å². The van der Waals surface area contributed by atoms with Gasteiger partial charge in [-0.15, -0.1) is 0 Å². The molecule has 0 aromatic carbocycles. The van der Waals surface area contributed by atoms with E-state index in [9.17, 15) is 0 Å². The van der Waals surface area contributed by atoms with Gasteiger partial charge in [-0.25, -0.2) is 0 Å². The molecule has 1 nitrogen and oxygen atoms in total. The van der Waals surface area contributed by atoms with Crippen molar-refractivity contribution in [2.75, 3.05) is 6.54 Å². The molecule has 1 rings (SSSR count). The molecule has 1 aliphatic rings. The average Bonchev–Trinajstić information content (AvgIpc) is 2.45. The normalized spacial score (nSPS) is 22.6. The van der Waals surface area contributed by atoms with Gasteiger partial charge in [0.2, 0.25) is 0 Å². The lowest BCUT2D eigenvalue weighted by molar-refractivity contribution is 0.0936. The molecule has 0 bridgehead atoms. The monoisotopic (exact) mass is 267 g/mol. The van der Waals surface area contributed by atoms with Crippen molar-refractivity contribution in [1.82, 2.24) is 5.32 Å². The summed E-state index contributed by atoms with van der Waals surface area (Å²) < 4.78 is 0. The quantitative estimate of drug-likeness (QED) is 0.502. The van der Waals surface area contributed by atoms with Gasteiger partial charge in [-0.05, 0) is 44.1 Å². The van der Waals surface area contributed by atoms with Gasteiger partial charge in [0.15, 0.2) is 0 Å². The van der Waals surface area contributed by atoms with E-state index in [1.54, 1.807) is 0 Å². The fourth-order valence-corrected chi connectivity index (χ4v) is 3.86. The first-order chi connectivity index (χ1) is 9.29. The molecule has 0 heterocycles. The van der Waals surface area contributed by atoms with Crippen molar-refractivity contribution in [2.45, 2.75) is 104 Å². The van der Waals surface area contributed by atoms with Crippen LogP contribution < -0.4 is 5.32 Å². The molecule has 19 heavy (non-hydrogen) atoms. The molecule has 1 unspecified atom stereocenters. The SMILES string of the molecule is CCCCNC1CCCCC1(CCCC)CCCC.